The molecule has 0 saturated carbocycles. The number of methoxy groups -OCH3 is 2. The maximum atomic E-state index is 13.1. The Hall–Kier alpha value is -3.10. The molecule has 1 heterocycles. The van der Waals surface area contributed by atoms with Crippen LogP contribution in [0.3, 0.4) is 0 Å². The first-order valence-corrected chi connectivity index (χ1v) is 11.2. The fourth-order valence-electron chi connectivity index (χ4n) is 4.31. The molecule has 0 radical (unpaired) electrons. The molecule has 1 saturated heterocycles. The minimum atomic E-state index is -0.676. The number of likely N-dealkylation sites (N-methyl/N-ethyl adjacent to an activating group) is 1. The first kappa shape index (κ1) is 25.5. The van der Waals surface area contributed by atoms with E-state index >= 15 is 0 Å². The number of benzene rings is 2. The van der Waals surface area contributed by atoms with Gasteiger partial charge in [0.05, 0.1) is 25.8 Å². The summed E-state index contributed by atoms with van der Waals surface area (Å²) in [6, 6.07) is 7.75. The third kappa shape index (κ3) is 5.34. The highest BCUT2D eigenvalue weighted by molar-refractivity contribution is 6.30. The lowest BCUT2D eigenvalue weighted by Crippen LogP contribution is -2.34. The summed E-state index contributed by atoms with van der Waals surface area (Å²) in [4.78, 5) is 39.4. The molecule has 0 aliphatic carbocycles. The standard InChI is InChI=1S/C25H28ClNO7/c1-14(28)22-20(31-4)12-21(32-5)23(18-9-10-27(3)19(18)13-33-15(2)29)24(22)34-25(30)16-7-6-8-17(26)11-16/h6-8,11-12,18-19H,9-10,13H2,1-5H3. The van der Waals surface area contributed by atoms with Gasteiger partial charge in [-0.25, -0.2) is 4.79 Å². The normalized spacial score (nSPS) is 17.8. The smallest absolute Gasteiger partial charge is 0.343 e. The average Bonchev–Trinajstić information content (AvgIpc) is 3.16. The van der Waals surface area contributed by atoms with Crippen LogP contribution in [0.5, 0.6) is 17.2 Å². The number of halogens is 1. The highest BCUT2D eigenvalue weighted by atomic mass is 35.5. The number of hydrogen-bond donors (Lipinski definition) is 0. The molecule has 0 spiro atoms. The zero-order valence-corrected chi connectivity index (χ0v) is 20.6. The van der Waals surface area contributed by atoms with Gasteiger partial charge in [0.15, 0.2) is 11.5 Å². The summed E-state index contributed by atoms with van der Waals surface area (Å²) in [5.74, 6) is -0.944. The molecule has 2 unspecified atom stereocenters. The van der Waals surface area contributed by atoms with E-state index in [0.717, 1.165) is 0 Å². The Morgan fingerprint density at radius 3 is 2.38 bits per heavy atom. The second-order valence-electron chi connectivity index (χ2n) is 8.10. The van der Waals surface area contributed by atoms with E-state index in [1.54, 1.807) is 24.3 Å². The quantitative estimate of drug-likeness (QED) is 0.310. The van der Waals surface area contributed by atoms with E-state index < -0.39 is 11.9 Å². The topological polar surface area (TPSA) is 91.4 Å². The molecule has 0 N–H and O–H groups in total. The van der Waals surface area contributed by atoms with Crippen LogP contribution >= 0.6 is 11.6 Å². The van der Waals surface area contributed by atoms with Gasteiger partial charge in [0.25, 0.3) is 0 Å². The number of esters is 2. The van der Waals surface area contributed by atoms with Crippen molar-refractivity contribution >= 4 is 29.3 Å². The fraction of sp³-hybridized carbons (Fsp3) is 0.400. The molecule has 182 valence electrons. The molecule has 2 atom stereocenters. The average molecular weight is 490 g/mol. The third-order valence-electron chi connectivity index (χ3n) is 5.94. The van der Waals surface area contributed by atoms with Gasteiger partial charge < -0.3 is 18.9 Å². The summed E-state index contributed by atoms with van der Waals surface area (Å²) in [5, 5.41) is 0.378. The summed E-state index contributed by atoms with van der Waals surface area (Å²) >= 11 is 6.05. The van der Waals surface area contributed by atoms with Gasteiger partial charge in [0, 0.05) is 29.5 Å². The number of carbonyl (C=O) groups is 3. The number of ketones is 1. The van der Waals surface area contributed by atoms with Crippen molar-refractivity contribution in [1.29, 1.82) is 0 Å². The monoisotopic (exact) mass is 489 g/mol. The summed E-state index contributed by atoms with van der Waals surface area (Å²) < 4.78 is 22.3. The molecular formula is C25H28ClNO7. The van der Waals surface area contributed by atoms with E-state index in [1.807, 2.05) is 7.05 Å². The molecule has 1 aliphatic heterocycles. The molecule has 9 heteroatoms. The minimum absolute atomic E-state index is 0.0711. The molecule has 8 nitrogen and oxygen atoms in total. The lowest BCUT2D eigenvalue weighted by atomic mass is 9.87. The van der Waals surface area contributed by atoms with Crippen LogP contribution in [0.25, 0.3) is 0 Å². The predicted octanol–water partition coefficient (Wildman–Crippen LogP) is 4.13. The van der Waals surface area contributed by atoms with E-state index in [1.165, 1.54) is 34.1 Å². The Morgan fingerprint density at radius 1 is 1.09 bits per heavy atom. The predicted molar refractivity (Wildman–Crippen MR) is 126 cm³/mol. The maximum absolute atomic E-state index is 13.1. The molecule has 0 amide bonds. The number of ether oxygens (including phenoxy) is 4. The van der Waals surface area contributed by atoms with Gasteiger partial charge in [0.2, 0.25) is 0 Å². The first-order chi connectivity index (χ1) is 16.2. The SMILES string of the molecule is COc1cc(OC)c(C2CCN(C)C2COC(C)=O)c(OC(=O)c2cccc(Cl)c2)c1C(C)=O. The van der Waals surface area contributed by atoms with Crippen molar-refractivity contribution in [2.24, 2.45) is 0 Å². The van der Waals surface area contributed by atoms with E-state index in [0.29, 0.717) is 29.3 Å². The molecule has 1 aliphatic rings. The summed E-state index contributed by atoms with van der Waals surface area (Å²) in [5.41, 5.74) is 0.912. The zero-order chi connectivity index (χ0) is 25.0. The van der Waals surface area contributed by atoms with Crippen molar-refractivity contribution in [3.8, 4) is 17.2 Å². The van der Waals surface area contributed by atoms with Gasteiger partial charge in [-0.1, -0.05) is 17.7 Å². The van der Waals surface area contributed by atoms with Gasteiger partial charge in [-0.2, -0.15) is 0 Å². The third-order valence-corrected chi connectivity index (χ3v) is 6.18. The molecule has 0 bridgehead atoms. The molecule has 34 heavy (non-hydrogen) atoms. The van der Waals surface area contributed by atoms with Crippen LogP contribution in [0.2, 0.25) is 5.02 Å². The number of carbonyl (C=O) groups excluding carboxylic acids is 3. The fourth-order valence-corrected chi connectivity index (χ4v) is 4.50. The van der Waals surface area contributed by atoms with E-state index in [4.69, 9.17) is 30.5 Å². The minimum Gasteiger partial charge on any atom is -0.496 e. The largest absolute Gasteiger partial charge is 0.496 e. The van der Waals surface area contributed by atoms with E-state index in [9.17, 15) is 14.4 Å². The Labute approximate surface area is 203 Å². The van der Waals surface area contributed by atoms with Crippen LogP contribution in [-0.2, 0) is 9.53 Å². The highest BCUT2D eigenvalue weighted by Gasteiger charge is 2.40. The van der Waals surface area contributed by atoms with Gasteiger partial charge in [-0.3, -0.25) is 14.5 Å². The van der Waals surface area contributed by atoms with Crippen molar-refractivity contribution in [2.45, 2.75) is 32.2 Å². The molecule has 2 aromatic carbocycles. The van der Waals surface area contributed by atoms with Crippen molar-refractivity contribution in [3.63, 3.8) is 0 Å². The second-order valence-corrected chi connectivity index (χ2v) is 8.54. The lowest BCUT2D eigenvalue weighted by molar-refractivity contribution is -0.142. The van der Waals surface area contributed by atoms with Crippen LogP contribution in [0.4, 0.5) is 0 Å². The zero-order valence-electron chi connectivity index (χ0n) is 19.8. The molecule has 1 fully saturated rings. The molecule has 0 aromatic heterocycles. The number of likely N-dealkylation sites (tertiary alicyclic amines) is 1. The van der Waals surface area contributed by atoms with Gasteiger partial charge in [-0.15, -0.1) is 0 Å². The van der Waals surface area contributed by atoms with Crippen LogP contribution in [-0.4, -0.2) is 63.1 Å². The Morgan fingerprint density at radius 2 is 1.79 bits per heavy atom. The van der Waals surface area contributed by atoms with Gasteiger partial charge in [0.1, 0.15) is 23.7 Å². The number of rotatable bonds is 8. The molecule has 3 rings (SSSR count). The van der Waals surface area contributed by atoms with Gasteiger partial charge in [-0.05, 0) is 45.1 Å². The summed E-state index contributed by atoms with van der Waals surface area (Å²) in [6.07, 6.45) is 0.671. The summed E-state index contributed by atoms with van der Waals surface area (Å²) in [6.45, 7) is 3.58. The van der Waals surface area contributed by atoms with E-state index in [-0.39, 0.29) is 47.0 Å². The number of nitrogens with zero attached hydrogens (tertiary/aromatic N) is 1. The van der Waals surface area contributed by atoms with Crippen molar-refractivity contribution in [2.75, 3.05) is 34.4 Å². The molecule has 2 aromatic rings. The second kappa shape index (κ2) is 10.9. The van der Waals surface area contributed by atoms with Crippen molar-refractivity contribution < 1.29 is 33.3 Å². The Bertz CT molecular complexity index is 1100. The Kier molecular flexibility index (Phi) is 8.17. The molecular weight excluding hydrogens is 462 g/mol. The van der Waals surface area contributed by atoms with Crippen molar-refractivity contribution in [1.82, 2.24) is 4.90 Å². The van der Waals surface area contributed by atoms with Gasteiger partial charge >= 0.3 is 11.9 Å². The Balaban J connectivity index is 2.19. The van der Waals surface area contributed by atoms with Crippen LogP contribution in [0, 0.1) is 0 Å². The van der Waals surface area contributed by atoms with Crippen LogP contribution in [0.1, 0.15) is 52.5 Å². The number of Topliss-reactive ketones (excluding diaryl/α,β-unsaturated/α-hetero) is 1. The summed E-state index contributed by atoms with van der Waals surface area (Å²) in [7, 11) is 4.85. The highest BCUT2D eigenvalue weighted by Crippen LogP contribution is 2.48. The maximum Gasteiger partial charge on any atom is 0.343 e. The number of hydrogen-bond acceptors (Lipinski definition) is 8. The first-order valence-electron chi connectivity index (χ1n) is 10.8. The van der Waals surface area contributed by atoms with E-state index in [2.05, 4.69) is 4.90 Å². The lowest BCUT2D eigenvalue weighted by Gasteiger charge is -2.28. The van der Waals surface area contributed by atoms with Crippen LogP contribution in [0.15, 0.2) is 30.3 Å². The van der Waals surface area contributed by atoms with Crippen LogP contribution < -0.4 is 14.2 Å². The van der Waals surface area contributed by atoms with Crippen molar-refractivity contribution in [3.05, 3.63) is 52.0 Å².